The average Bonchev–Trinajstić information content (AvgIpc) is 2.29. The lowest BCUT2D eigenvalue weighted by molar-refractivity contribution is -0.133. The first-order valence-electron chi connectivity index (χ1n) is 6.65. The van der Waals surface area contributed by atoms with Crippen molar-refractivity contribution in [2.24, 2.45) is 11.3 Å². The lowest BCUT2D eigenvalue weighted by Gasteiger charge is -2.47. The number of aliphatic carboxylic acids is 1. The third-order valence-corrected chi connectivity index (χ3v) is 4.83. The molecule has 0 aromatic carbocycles. The molecule has 0 spiro atoms. The Labute approximate surface area is 108 Å². The topological polar surface area (TPSA) is 57.5 Å². The zero-order valence-corrected chi connectivity index (χ0v) is 11.2. The molecule has 1 saturated carbocycles. The summed E-state index contributed by atoms with van der Waals surface area (Å²) in [5, 5.41) is 19.8. The van der Waals surface area contributed by atoms with E-state index in [0.29, 0.717) is 18.4 Å². The smallest absolute Gasteiger partial charge is 0.331 e. The Morgan fingerprint density at radius 2 is 2.17 bits per heavy atom. The Hall–Kier alpha value is -1.09. The van der Waals surface area contributed by atoms with Gasteiger partial charge in [0.2, 0.25) is 0 Å². The standard InChI is InChI=1S/C15H22O3/c1-9(2)10-7-12-11(14(17)18)5-4-6-15(12,3)13(16)8-10/h10,13,16H,1,4-8H2,2-3H3,(H,17,18). The zero-order chi connectivity index (χ0) is 13.5. The van der Waals surface area contributed by atoms with Crippen LogP contribution in [0.1, 0.15) is 46.0 Å². The highest BCUT2D eigenvalue weighted by Gasteiger charge is 2.46. The molecule has 0 aromatic rings. The van der Waals surface area contributed by atoms with Gasteiger partial charge in [0.1, 0.15) is 0 Å². The van der Waals surface area contributed by atoms with Crippen molar-refractivity contribution in [3.05, 3.63) is 23.3 Å². The third-order valence-electron chi connectivity index (χ3n) is 4.83. The number of allylic oxidation sites excluding steroid dienone is 1. The Bertz CT molecular complexity index is 421. The summed E-state index contributed by atoms with van der Waals surface area (Å²) in [6.45, 7) is 7.94. The van der Waals surface area contributed by atoms with Crippen molar-refractivity contribution in [3.63, 3.8) is 0 Å². The van der Waals surface area contributed by atoms with E-state index in [9.17, 15) is 15.0 Å². The molecule has 3 heteroatoms. The zero-order valence-electron chi connectivity index (χ0n) is 11.2. The molecule has 18 heavy (non-hydrogen) atoms. The first-order valence-corrected chi connectivity index (χ1v) is 6.65. The summed E-state index contributed by atoms with van der Waals surface area (Å²) in [6, 6.07) is 0. The fourth-order valence-electron chi connectivity index (χ4n) is 3.47. The molecule has 2 aliphatic carbocycles. The van der Waals surface area contributed by atoms with Crippen molar-refractivity contribution >= 4 is 5.97 Å². The van der Waals surface area contributed by atoms with Gasteiger partial charge in [0.05, 0.1) is 6.10 Å². The van der Waals surface area contributed by atoms with Crippen LogP contribution in [0.15, 0.2) is 23.3 Å². The highest BCUT2D eigenvalue weighted by Crippen LogP contribution is 2.52. The minimum atomic E-state index is -0.814. The van der Waals surface area contributed by atoms with Gasteiger partial charge >= 0.3 is 5.97 Å². The van der Waals surface area contributed by atoms with Crippen LogP contribution in [0.4, 0.5) is 0 Å². The van der Waals surface area contributed by atoms with Gasteiger partial charge < -0.3 is 10.2 Å². The predicted octanol–water partition coefficient (Wildman–Crippen LogP) is 2.90. The summed E-state index contributed by atoms with van der Waals surface area (Å²) in [6.07, 6.45) is 3.40. The van der Waals surface area contributed by atoms with E-state index < -0.39 is 12.1 Å². The van der Waals surface area contributed by atoms with Gasteiger partial charge in [-0.25, -0.2) is 4.79 Å². The van der Waals surface area contributed by atoms with Gasteiger partial charge in [-0.2, -0.15) is 0 Å². The molecule has 0 radical (unpaired) electrons. The molecule has 0 saturated heterocycles. The van der Waals surface area contributed by atoms with Crippen LogP contribution in [0.5, 0.6) is 0 Å². The molecule has 3 nitrogen and oxygen atoms in total. The minimum absolute atomic E-state index is 0.218. The maximum atomic E-state index is 11.4. The number of hydrogen-bond donors (Lipinski definition) is 2. The second-order valence-corrected chi connectivity index (χ2v) is 6.03. The number of carboxylic acid groups (broad SMARTS) is 1. The minimum Gasteiger partial charge on any atom is -0.478 e. The molecule has 2 rings (SSSR count). The average molecular weight is 250 g/mol. The molecule has 100 valence electrons. The lowest BCUT2D eigenvalue weighted by Crippen LogP contribution is -2.43. The number of carboxylic acids is 1. The van der Waals surface area contributed by atoms with Crippen LogP contribution in [0.3, 0.4) is 0 Å². The Morgan fingerprint density at radius 1 is 1.50 bits per heavy atom. The van der Waals surface area contributed by atoms with Crippen LogP contribution in [0.2, 0.25) is 0 Å². The maximum absolute atomic E-state index is 11.4. The number of carbonyl (C=O) groups is 1. The van der Waals surface area contributed by atoms with Gasteiger partial charge in [0.15, 0.2) is 0 Å². The quantitative estimate of drug-likeness (QED) is 0.741. The van der Waals surface area contributed by atoms with E-state index in [0.717, 1.165) is 30.4 Å². The fraction of sp³-hybridized carbons (Fsp3) is 0.667. The van der Waals surface area contributed by atoms with Gasteiger partial charge in [-0.05, 0) is 44.9 Å². The van der Waals surface area contributed by atoms with Crippen LogP contribution in [-0.4, -0.2) is 22.3 Å². The van der Waals surface area contributed by atoms with Gasteiger partial charge in [0.25, 0.3) is 0 Å². The van der Waals surface area contributed by atoms with Crippen LogP contribution in [0, 0.1) is 11.3 Å². The van der Waals surface area contributed by atoms with E-state index in [4.69, 9.17) is 0 Å². The number of rotatable bonds is 2. The van der Waals surface area contributed by atoms with Crippen LogP contribution in [0.25, 0.3) is 0 Å². The van der Waals surface area contributed by atoms with Gasteiger partial charge in [0, 0.05) is 11.0 Å². The maximum Gasteiger partial charge on any atom is 0.331 e. The van der Waals surface area contributed by atoms with E-state index in [2.05, 4.69) is 6.58 Å². The van der Waals surface area contributed by atoms with Gasteiger partial charge in [-0.3, -0.25) is 0 Å². The van der Waals surface area contributed by atoms with Crippen molar-refractivity contribution in [2.75, 3.05) is 0 Å². The second kappa shape index (κ2) is 4.54. The molecule has 0 aliphatic heterocycles. The highest BCUT2D eigenvalue weighted by atomic mass is 16.4. The van der Waals surface area contributed by atoms with Crippen LogP contribution in [-0.2, 0) is 4.79 Å². The summed E-state index contributed by atoms with van der Waals surface area (Å²) in [7, 11) is 0. The van der Waals surface area contributed by atoms with Crippen LogP contribution < -0.4 is 0 Å². The first-order chi connectivity index (χ1) is 8.36. The molecule has 0 bridgehead atoms. The normalized spacial score (nSPS) is 36.2. The molecular weight excluding hydrogens is 228 g/mol. The van der Waals surface area contributed by atoms with Crippen molar-refractivity contribution < 1.29 is 15.0 Å². The third kappa shape index (κ3) is 2.01. The number of fused-ring (bicyclic) bond motifs is 1. The van der Waals surface area contributed by atoms with E-state index >= 15 is 0 Å². The van der Waals surface area contributed by atoms with E-state index in [1.165, 1.54) is 0 Å². The second-order valence-electron chi connectivity index (χ2n) is 6.03. The molecule has 3 atom stereocenters. The monoisotopic (exact) mass is 250 g/mol. The van der Waals surface area contributed by atoms with E-state index in [1.807, 2.05) is 13.8 Å². The molecular formula is C15H22O3. The van der Waals surface area contributed by atoms with Gasteiger partial charge in [-0.1, -0.05) is 24.6 Å². The Balaban J connectivity index is 2.45. The van der Waals surface area contributed by atoms with Gasteiger partial charge in [-0.15, -0.1) is 0 Å². The Kier molecular flexibility index (Phi) is 3.37. The largest absolute Gasteiger partial charge is 0.478 e. The number of hydrogen-bond acceptors (Lipinski definition) is 2. The summed E-state index contributed by atoms with van der Waals surface area (Å²) >= 11 is 0. The van der Waals surface area contributed by atoms with Crippen molar-refractivity contribution in [2.45, 2.75) is 52.1 Å². The molecule has 3 unspecified atom stereocenters. The molecule has 2 aliphatic rings. The fourth-order valence-corrected chi connectivity index (χ4v) is 3.47. The summed E-state index contributed by atoms with van der Waals surface area (Å²) in [5.41, 5.74) is 2.21. The summed E-state index contributed by atoms with van der Waals surface area (Å²) in [5.74, 6) is -0.596. The SMILES string of the molecule is C=C(C)C1CC2=C(C(=O)O)CCCC2(C)C(O)C1. The highest BCUT2D eigenvalue weighted by molar-refractivity contribution is 5.88. The van der Waals surface area contributed by atoms with E-state index in [1.54, 1.807) is 0 Å². The molecule has 0 heterocycles. The molecule has 1 fully saturated rings. The summed E-state index contributed by atoms with van der Waals surface area (Å²) in [4.78, 5) is 11.4. The number of aliphatic hydroxyl groups excluding tert-OH is 1. The van der Waals surface area contributed by atoms with E-state index in [-0.39, 0.29) is 11.3 Å². The summed E-state index contributed by atoms with van der Waals surface area (Å²) < 4.78 is 0. The molecule has 0 amide bonds. The van der Waals surface area contributed by atoms with Crippen molar-refractivity contribution in [3.8, 4) is 0 Å². The Morgan fingerprint density at radius 3 is 2.72 bits per heavy atom. The first kappa shape index (κ1) is 13.3. The molecule has 0 aromatic heterocycles. The molecule has 2 N–H and O–H groups in total. The van der Waals surface area contributed by atoms with Crippen molar-refractivity contribution in [1.82, 2.24) is 0 Å². The number of aliphatic hydroxyl groups is 1. The predicted molar refractivity (Wildman–Crippen MR) is 70.2 cm³/mol. The van der Waals surface area contributed by atoms with Crippen molar-refractivity contribution in [1.29, 1.82) is 0 Å². The van der Waals surface area contributed by atoms with Crippen LogP contribution >= 0.6 is 0 Å². The lowest BCUT2D eigenvalue weighted by atomic mass is 9.59.